The van der Waals surface area contributed by atoms with Crippen molar-refractivity contribution >= 4 is 50.8 Å². The van der Waals surface area contributed by atoms with E-state index in [1.807, 2.05) is 53.6 Å². The molecule has 1 saturated heterocycles. The molecule has 1 N–H and O–H groups in total. The molecule has 1 atom stereocenters. The van der Waals surface area contributed by atoms with Crippen LogP contribution in [0.3, 0.4) is 0 Å². The smallest absolute Gasteiger partial charge is 0.228 e. The highest BCUT2D eigenvalue weighted by Crippen LogP contribution is 2.59. The fraction of sp³-hybridized carbons (Fsp3) is 0.400. The first-order chi connectivity index (χ1) is 15.6. The van der Waals surface area contributed by atoms with E-state index in [0.29, 0.717) is 12.8 Å². The lowest BCUT2D eigenvalue weighted by molar-refractivity contribution is -0.132. The van der Waals surface area contributed by atoms with Crippen molar-refractivity contribution in [1.29, 1.82) is 0 Å². The lowest BCUT2D eigenvalue weighted by Gasteiger charge is -2.33. The van der Waals surface area contributed by atoms with Gasteiger partial charge in [0.2, 0.25) is 11.8 Å². The first-order valence-corrected chi connectivity index (χ1v) is 13.2. The second-order valence-electron chi connectivity index (χ2n) is 8.79. The molecule has 2 fully saturated rings. The molecule has 0 bridgehead atoms. The number of anilines is 1. The van der Waals surface area contributed by atoms with Gasteiger partial charge < -0.3 is 10.2 Å². The van der Waals surface area contributed by atoms with Crippen LogP contribution in [0.25, 0.3) is 10.2 Å². The second kappa shape index (κ2) is 8.87. The molecule has 3 aromatic rings. The Hall–Kier alpha value is -2.38. The van der Waals surface area contributed by atoms with Crippen molar-refractivity contribution in [2.75, 3.05) is 24.7 Å². The summed E-state index contributed by atoms with van der Waals surface area (Å²) in [7, 11) is 0. The van der Waals surface area contributed by atoms with E-state index in [1.54, 1.807) is 23.1 Å². The molecule has 0 unspecified atom stereocenters. The van der Waals surface area contributed by atoms with Gasteiger partial charge in [-0.05, 0) is 67.3 Å². The largest absolute Gasteiger partial charge is 0.343 e. The molecule has 5 nitrogen and oxygen atoms in total. The van der Waals surface area contributed by atoms with Crippen molar-refractivity contribution in [2.45, 2.75) is 37.0 Å². The van der Waals surface area contributed by atoms with E-state index >= 15 is 0 Å². The topological polar surface area (TPSA) is 62.3 Å². The summed E-state index contributed by atoms with van der Waals surface area (Å²) in [6, 6.07) is 16.1. The van der Waals surface area contributed by atoms with E-state index in [4.69, 9.17) is 0 Å². The van der Waals surface area contributed by atoms with Crippen molar-refractivity contribution < 1.29 is 9.59 Å². The number of carbonyl (C=O) groups is 2. The zero-order valence-corrected chi connectivity index (χ0v) is 19.8. The Morgan fingerprint density at radius 3 is 2.62 bits per heavy atom. The summed E-state index contributed by atoms with van der Waals surface area (Å²) >= 11 is 3.36. The van der Waals surface area contributed by atoms with Crippen LogP contribution in [-0.4, -0.2) is 41.0 Å². The summed E-state index contributed by atoms with van der Waals surface area (Å²) in [6.45, 7) is 1.51. The number of piperidine rings is 1. The van der Waals surface area contributed by atoms with Crippen molar-refractivity contribution in [2.24, 2.45) is 11.3 Å². The van der Waals surface area contributed by atoms with Gasteiger partial charge in [0.1, 0.15) is 0 Å². The number of hydrogen-bond acceptors (Lipinski definition) is 5. The highest BCUT2D eigenvalue weighted by Gasteiger charge is 2.58. The number of thiazole rings is 1. The number of thioether (sulfide) groups is 1. The van der Waals surface area contributed by atoms with Gasteiger partial charge in [0.25, 0.3) is 0 Å². The van der Waals surface area contributed by atoms with Crippen LogP contribution in [0.2, 0.25) is 0 Å². The Labute approximate surface area is 196 Å². The number of likely N-dealkylation sites (tertiary alicyclic amines) is 1. The molecule has 1 aromatic heterocycles. The van der Waals surface area contributed by atoms with Gasteiger partial charge in [0.15, 0.2) is 0 Å². The number of aromatic nitrogens is 1. The number of fused-ring (bicyclic) bond motifs is 1. The number of nitrogens with zero attached hydrogens (tertiary/aromatic N) is 2. The summed E-state index contributed by atoms with van der Waals surface area (Å²) < 4.78 is 1.17. The molecule has 7 heteroatoms. The average molecular weight is 466 g/mol. The van der Waals surface area contributed by atoms with Crippen LogP contribution in [0, 0.1) is 11.3 Å². The number of hydrogen-bond donors (Lipinski definition) is 1. The van der Waals surface area contributed by atoms with Gasteiger partial charge >= 0.3 is 0 Å². The maximum Gasteiger partial charge on any atom is 0.228 e. The van der Waals surface area contributed by atoms with Crippen LogP contribution >= 0.6 is 23.1 Å². The molecule has 2 amide bonds. The SMILES string of the molecule is CSc1ccc(NC(=O)[C@@H]2CC23CCN(C(=O)CCc2nc4ccccc4s2)CC3)cc1. The number of carbonyl (C=O) groups excluding carboxylic acids is 2. The molecular weight excluding hydrogens is 438 g/mol. The van der Waals surface area contributed by atoms with Crippen molar-refractivity contribution in [3.8, 4) is 0 Å². The Morgan fingerprint density at radius 2 is 1.91 bits per heavy atom. The maximum absolute atomic E-state index is 12.7. The van der Waals surface area contributed by atoms with Crippen LogP contribution < -0.4 is 5.32 Å². The van der Waals surface area contributed by atoms with Gasteiger partial charge in [0.05, 0.1) is 15.2 Å². The Bertz CT molecular complexity index is 1100. The normalized spacial score (nSPS) is 19.3. The number of benzene rings is 2. The summed E-state index contributed by atoms with van der Waals surface area (Å²) in [6.07, 6.45) is 6.02. The fourth-order valence-electron chi connectivity index (χ4n) is 4.77. The van der Waals surface area contributed by atoms with E-state index in [1.165, 1.54) is 9.60 Å². The van der Waals surface area contributed by atoms with Crippen LogP contribution in [0.15, 0.2) is 53.4 Å². The minimum Gasteiger partial charge on any atom is -0.343 e. The van der Waals surface area contributed by atoms with E-state index < -0.39 is 0 Å². The Kier molecular flexibility index (Phi) is 5.95. The molecule has 2 aromatic carbocycles. The molecule has 166 valence electrons. The summed E-state index contributed by atoms with van der Waals surface area (Å²) in [5.41, 5.74) is 1.96. The second-order valence-corrected chi connectivity index (χ2v) is 10.8. The van der Waals surface area contributed by atoms with Gasteiger partial charge in [-0.15, -0.1) is 23.1 Å². The number of rotatable bonds is 6. The quantitative estimate of drug-likeness (QED) is 0.507. The summed E-state index contributed by atoms with van der Waals surface area (Å²) in [5.74, 6) is 0.398. The third-order valence-corrected chi connectivity index (χ3v) is 8.71. The van der Waals surface area contributed by atoms with E-state index in [0.717, 1.165) is 48.6 Å². The first-order valence-electron chi connectivity index (χ1n) is 11.1. The lowest BCUT2D eigenvalue weighted by Crippen LogP contribution is -2.40. The average Bonchev–Trinajstić information content (AvgIpc) is 3.35. The van der Waals surface area contributed by atoms with Gasteiger partial charge in [-0.1, -0.05) is 12.1 Å². The molecule has 1 spiro atoms. The highest BCUT2D eigenvalue weighted by atomic mass is 32.2. The van der Waals surface area contributed by atoms with E-state index in [2.05, 4.69) is 16.4 Å². The van der Waals surface area contributed by atoms with Crippen LogP contribution in [0.1, 0.15) is 30.7 Å². The number of aryl methyl sites for hydroxylation is 1. The molecule has 2 aliphatic rings. The highest BCUT2D eigenvalue weighted by molar-refractivity contribution is 7.98. The van der Waals surface area contributed by atoms with Crippen LogP contribution in [-0.2, 0) is 16.0 Å². The van der Waals surface area contributed by atoms with Crippen LogP contribution in [0.4, 0.5) is 5.69 Å². The number of nitrogens with one attached hydrogen (secondary N) is 1. The third kappa shape index (κ3) is 4.41. The maximum atomic E-state index is 12.7. The minimum absolute atomic E-state index is 0.0720. The molecule has 32 heavy (non-hydrogen) atoms. The molecule has 1 aliphatic carbocycles. The molecule has 5 rings (SSSR count). The third-order valence-electron chi connectivity index (χ3n) is 6.87. The van der Waals surface area contributed by atoms with Gasteiger partial charge in [0, 0.05) is 42.4 Å². The van der Waals surface area contributed by atoms with Crippen molar-refractivity contribution in [3.63, 3.8) is 0 Å². The standard InChI is InChI=1S/C25H27N3O2S2/c1-31-18-8-6-17(7-9-18)26-24(30)19-16-25(19)12-14-28(15-13-25)23(29)11-10-22-27-20-4-2-3-5-21(20)32-22/h2-9,19H,10-16H2,1H3,(H,26,30)/t19-/m0/s1. The van der Waals surface area contributed by atoms with Gasteiger partial charge in [-0.2, -0.15) is 0 Å². The lowest BCUT2D eigenvalue weighted by atomic mass is 9.90. The van der Waals surface area contributed by atoms with Crippen molar-refractivity contribution in [1.82, 2.24) is 9.88 Å². The predicted octanol–water partition coefficient (Wildman–Crippen LogP) is 5.22. The van der Waals surface area contributed by atoms with E-state index in [9.17, 15) is 9.59 Å². The van der Waals surface area contributed by atoms with Crippen molar-refractivity contribution in [3.05, 3.63) is 53.5 Å². The number of para-hydroxylation sites is 1. The summed E-state index contributed by atoms with van der Waals surface area (Å²) in [4.78, 5) is 33.3. The monoisotopic (exact) mass is 465 g/mol. The summed E-state index contributed by atoms with van der Waals surface area (Å²) in [5, 5.41) is 4.10. The zero-order chi connectivity index (χ0) is 22.1. The van der Waals surface area contributed by atoms with Gasteiger partial charge in [-0.25, -0.2) is 4.98 Å². The molecule has 1 saturated carbocycles. The fourth-order valence-corrected chi connectivity index (χ4v) is 6.15. The van der Waals surface area contributed by atoms with Gasteiger partial charge in [-0.3, -0.25) is 9.59 Å². The molecular formula is C25H27N3O2S2. The Balaban J connectivity index is 1.10. The van der Waals surface area contributed by atoms with Crippen LogP contribution in [0.5, 0.6) is 0 Å². The molecule has 1 aliphatic heterocycles. The number of amides is 2. The minimum atomic E-state index is 0.0720. The molecule has 0 radical (unpaired) electrons. The van der Waals surface area contributed by atoms with E-state index in [-0.39, 0.29) is 23.1 Å². The molecule has 2 heterocycles. The Morgan fingerprint density at radius 1 is 1.16 bits per heavy atom. The first kappa shape index (κ1) is 21.5. The predicted molar refractivity (Wildman–Crippen MR) is 131 cm³/mol. The zero-order valence-electron chi connectivity index (χ0n) is 18.2.